The Bertz CT molecular complexity index is 498. The minimum Gasteiger partial charge on any atom is -0.399 e. The first kappa shape index (κ1) is 13.3. The average molecular weight is 272 g/mol. The quantitative estimate of drug-likeness (QED) is 0.751. The van der Waals surface area contributed by atoms with Gasteiger partial charge in [-0.15, -0.1) is 0 Å². The second kappa shape index (κ2) is 5.66. The number of nitrogens with two attached hydrogens (primary N) is 1. The van der Waals surface area contributed by atoms with Crippen molar-refractivity contribution in [2.75, 3.05) is 32.1 Å². The second-order valence-corrected chi connectivity index (χ2v) is 5.76. The molecule has 0 saturated carbocycles. The van der Waals surface area contributed by atoms with E-state index in [1.807, 2.05) is 0 Å². The Morgan fingerprint density at radius 1 is 1.39 bits per heavy atom. The van der Waals surface area contributed by atoms with Crippen molar-refractivity contribution >= 4 is 15.7 Å². The van der Waals surface area contributed by atoms with Crippen LogP contribution in [0.2, 0.25) is 0 Å². The third kappa shape index (κ3) is 3.42. The van der Waals surface area contributed by atoms with Crippen molar-refractivity contribution < 1.29 is 17.9 Å². The van der Waals surface area contributed by atoms with E-state index in [4.69, 9.17) is 15.2 Å². The maximum absolute atomic E-state index is 12.0. The van der Waals surface area contributed by atoms with Crippen molar-refractivity contribution in [1.82, 2.24) is 4.72 Å². The van der Waals surface area contributed by atoms with Gasteiger partial charge < -0.3 is 15.2 Å². The molecule has 1 aromatic rings. The number of sulfonamides is 1. The predicted octanol–water partition coefficient (Wildman–Crippen LogP) is -0.0375. The van der Waals surface area contributed by atoms with Crippen LogP contribution < -0.4 is 10.5 Å². The lowest BCUT2D eigenvalue weighted by Crippen LogP contribution is -2.39. The summed E-state index contributed by atoms with van der Waals surface area (Å²) in [6.07, 6.45) is -0.241. The third-order valence-corrected chi connectivity index (χ3v) is 3.98. The molecule has 3 N–H and O–H groups in total. The molecule has 0 amide bonds. The van der Waals surface area contributed by atoms with E-state index in [2.05, 4.69) is 4.72 Å². The van der Waals surface area contributed by atoms with Gasteiger partial charge in [0, 0.05) is 12.2 Å². The number of nitrogens with one attached hydrogen (secondary N) is 1. The van der Waals surface area contributed by atoms with E-state index in [1.54, 1.807) is 12.1 Å². The molecule has 6 nitrogen and oxygen atoms in total. The fraction of sp³-hybridized carbons (Fsp3) is 0.455. The molecule has 0 bridgehead atoms. The Morgan fingerprint density at radius 2 is 2.22 bits per heavy atom. The topological polar surface area (TPSA) is 90.7 Å². The molecule has 1 heterocycles. The number of rotatable bonds is 4. The van der Waals surface area contributed by atoms with E-state index < -0.39 is 10.0 Å². The summed E-state index contributed by atoms with van der Waals surface area (Å²) < 4.78 is 37.0. The zero-order valence-electron chi connectivity index (χ0n) is 9.83. The second-order valence-electron chi connectivity index (χ2n) is 3.99. The maximum atomic E-state index is 12.0. The van der Waals surface area contributed by atoms with E-state index >= 15 is 0 Å². The Kier molecular flexibility index (Phi) is 4.18. The highest BCUT2D eigenvalue weighted by Gasteiger charge is 2.19. The van der Waals surface area contributed by atoms with Gasteiger partial charge >= 0.3 is 0 Å². The molecule has 7 heteroatoms. The van der Waals surface area contributed by atoms with Crippen molar-refractivity contribution in [1.29, 1.82) is 0 Å². The van der Waals surface area contributed by atoms with Gasteiger partial charge in [-0.05, 0) is 18.2 Å². The normalized spacial score (nSPS) is 20.8. The molecular weight excluding hydrogens is 256 g/mol. The van der Waals surface area contributed by atoms with E-state index in [-0.39, 0.29) is 17.5 Å². The summed E-state index contributed by atoms with van der Waals surface area (Å²) in [5, 5.41) is 0. The van der Waals surface area contributed by atoms with Crippen molar-refractivity contribution in [2.24, 2.45) is 0 Å². The number of benzene rings is 1. The maximum Gasteiger partial charge on any atom is 0.240 e. The lowest BCUT2D eigenvalue weighted by atomic mass is 10.3. The zero-order valence-corrected chi connectivity index (χ0v) is 10.7. The summed E-state index contributed by atoms with van der Waals surface area (Å²) in [6.45, 7) is 1.64. The van der Waals surface area contributed by atoms with Crippen LogP contribution in [0.15, 0.2) is 29.2 Å². The van der Waals surface area contributed by atoms with Gasteiger partial charge in [-0.25, -0.2) is 13.1 Å². The van der Waals surface area contributed by atoms with Crippen LogP contribution in [0.25, 0.3) is 0 Å². The molecule has 1 aliphatic rings. The number of nitrogen functional groups attached to an aromatic ring is 1. The molecule has 1 fully saturated rings. The fourth-order valence-electron chi connectivity index (χ4n) is 1.62. The Labute approximate surface area is 106 Å². The van der Waals surface area contributed by atoms with Gasteiger partial charge in [0.05, 0.1) is 30.8 Å². The van der Waals surface area contributed by atoms with Gasteiger partial charge in [0.25, 0.3) is 0 Å². The van der Waals surface area contributed by atoms with Gasteiger partial charge in [-0.2, -0.15) is 0 Å². The predicted molar refractivity (Wildman–Crippen MR) is 66.6 cm³/mol. The van der Waals surface area contributed by atoms with Crippen LogP contribution in [0.1, 0.15) is 0 Å². The largest absolute Gasteiger partial charge is 0.399 e. The number of anilines is 1. The van der Waals surface area contributed by atoms with Gasteiger partial charge in [-0.3, -0.25) is 0 Å². The highest BCUT2D eigenvalue weighted by molar-refractivity contribution is 7.89. The zero-order chi connectivity index (χ0) is 13.0. The smallest absolute Gasteiger partial charge is 0.240 e. The van der Waals surface area contributed by atoms with Crippen LogP contribution in [0.4, 0.5) is 5.69 Å². The number of hydrogen-bond donors (Lipinski definition) is 2. The lowest BCUT2D eigenvalue weighted by Gasteiger charge is -2.23. The molecule has 100 valence electrons. The summed E-state index contributed by atoms with van der Waals surface area (Å²) in [7, 11) is -3.55. The first-order valence-corrected chi connectivity index (χ1v) is 7.11. The molecule has 1 aliphatic heterocycles. The summed E-state index contributed by atoms with van der Waals surface area (Å²) in [5.74, 6) is 0. The van der Waals surface area contributed by atoms with Crippen LogP contribution in [-0.4, -0.2) is 40.9 Å². The first-order chi connectivity index (χ1) is 8.58. The monoisotopic (exact) mass is 272 g/mol. The van der Waals surface area contributed by atoms with E-state index in [0.717, 1.165) is 0 Å². The first-order valence-electron chi connectivity index (χ1n) is 5.62. The fourth-order valence-corrected chi connectivity index (χ4v) is 2.74. The molecule has 0 radical (unpaired) electrons. The van der Waals surface area contributed by atoms with Gasteiger partial charge in [0.15, 0.2) is 0 Å². The van der Waals surface area contributed by atoms with Gasteiger partial charge in [0.1, 0.15) is 0 Å². The van der Waals surface area contributed by atoms with E-state index in [0.29, 0.717) is 25.5 Å². The molecule has 1 atom stereocenters. The van der Waals surface area contributed by atoms with Crippen LogP contribution in [-0.2, 0) is 19.5 Å². The SMILES string of the molecule is Nc1cccc(S(=O)(=O)NCC2COCCO2)c1. The Hall–Kier alpha value is -1.15. The molecule has 18 heavy (non-hydrogen) atoms. The summed E-state index contributed by atoms with van der Waals surface area (Å²) >= 11 is 0. The van der Waals surface area contributed by atoms with E-state index in [1.165, 1.54) is 12.1 Å². The molecule has 0 aromatic heterocycles. The molecule has 2 rings (SSSR count). The molecular formula is C11H16N2O4S. The van der Waals surface area contributed by atoms with Crippen molar-refractivity contribution in [3.63, 3.8) is 0 Å². The molecule has 1 saturated heterocycles. The highest BCUT2D eigenvalue weighted by Crippen LogP contribution is 2.12. The van der Waals surface area contributed by atoms with E-state index in [9.17, 15) is 8.42 Å². The molecule has 0 spiro atoms. The molecule has 1 aromatic carbocycles. The van der Waals surface area contributed by atoms with Crippen molar-refractivity contribution in [3.8, 4) is 0 Å². The number of hydrogen-bond acceptors (Lipinski definition) is 5. The summed E-state index contributed by atoms with van der Waals surface area (Å²) in [6, 6.07) is 6.15. The van der Waals surface area contributed by atoms with Crippen LogP contribution >= 0.6 is 0 Å². The van der Waals surface area contributed by atoms with Crippen molar-refractivity contribution in [2.45, 2.75) is 11.0 Å². The van der Waals surface area contributed by atoms with Crippen LogP contribution in [0, 0.1) is 0 Å². The minimum absolute atomic E-state index is 0.152. The average Bonchev–Trinajstić information content (AvgIpc) is 2.38. The third-order valence-electron chi connectivity index (χ3n) is 2.55. The molecule has 1 unspecified atom stereocenters. The summed E-state index contributed by atoms with van der Waals surface area (Å²) in [4.78, 5) is 0.152. The van der Waals surface area contributed by atoms with Gasteiger partial charge in [0.2, 0.25) is 10.0 Å². The van der Waals surface area contributed by atoms with Crippen LogP contribution in [0.3, 0.4) is 0 Å². The molecule has 0 aliphatic carbocycles. The lowest BCUT2D eigenvalue weighted by molar-refractivity contribution is -0.0846. The highest BCUT2D eigenvalue weighted by atomic mass is 32.2. The Balaban J connectivity index is 1.98. The minimum atomic E-state index is -3.55. The van der Waals surface area contributed by atoms with Crippen molar-refractivity contribution in [3.05, 3.63) is 24.3 Å². The van der Waals surface area contributed by atoms with Gasteiger partial charge in [-0.1, -0.05) is 6.07 Å². The Morgan fingerprint density at radius 3 is 2.89 bits per heavy atom. The standard InChI is InChI=1S/C11H16N2O4S/c12-9-2-1-3-11(6-9)18(14,15)13-7-10-8-16-4-5-17-10/h1-3,6,10,13H,4-5,7-8,12H2. The van der Waals surface area contributed by atoms with Crippen LogP contribution in [0.5, 0.6) is 0 Å². The number of ether oxygens (including phenoxy) is 2. The summed E-state index contributed by atoms with van der Waals surface area (Å²) in [5.41, 5.74) is 5.97.